The predicted octanol–water partition coefficient (Wildman–Crippen LogP) is 3.01. The van der Waals surface area contributed by atoms with Crippen LogP contribution in [-0.4, -0.2) is 19.3 Å². The average Bonchev–Trinajstić information content (AvgIpc) is 2.59. The summed E-state index contributed by atoms with van der Waals surface area (Å²) in [6.07, 6.45) is -0.240. The molecule has 1 aliphatic heterocycles. The highest BCUT2D eigenvalue weighted by atomic mass is 16.6. The minimum absolute atomic E-state index is 0.240. The number of rotatable bonds is 3. The quantitative estimate of drug-likeness (QED) is 0.696. The zero-order valence-electron chi connectivity index (χ0n) is 12.2. The number of hydrogen-bond donors (Lipinski definition) is 0. The van der Waals surface area contributed by atoms with Crippen molar-refractivity contribution in [1.29, 1.82) is 0 Å². The first-order chi connectivity index (χ1) is 11.3. The zero-order valence-corrected chi connectivity index (χ0v) is 12.2. The number of benzene rings is 2. The van der Waals surface area contributed by atoms with Crippen molar-refractivity contribution in [3.05, 3.63) is 65.0 Å². The van der Waals surface area contributed by atoms with E-state index in [4.69, 9.17) is 18.6 Å². The maximum absolute atomic E-state index is 11.6. The van der Waals surface area contributed by atoms with Crippen molar-refractivity contribution in [3.8, 4) is 17.2 Å². The average molecular weight is 310 g/mol. The fraction of sp³-hybridized carbons (Fsp3) is 0.167. The first-order valence-electron chi connectivity index (χ1n) is 7.34. The van der Waals surface area contributed by atoms with Gasteiger partial charge in [0, 0.05) is 0 Å². The molecule has 1 unspecified atom stereocenters. The van der Waals surface area contributed by atoms with E-state index in [1.54, 1.807) is 6.07 Å². The van der Waals surface area contributed by atoms with Gasteiger partial charge in [-0.2, -0.15) is 0 Å². The van der Waals surface area contributed by atoms with Crippen LogP contribution in [0.2, 0.25) is 0 Å². The maximum Gasteiger partial charge on any atom is 0.339 e. The van der Waals surface area contributed by atoms with Gasteiger partial charge in [0.15, 0.2) is 17.6 Å². The number of ether oxygens (including phenoxy) is 3. The molecular formula is C18H14O5. The minimum Gasteiger partial charge on any atom is -0.489 e. The summed E-state index contributed by atoms with van der Waals surface area (Å²) in [5.41, 5.74) is 0.0611. The van der Waals surface area contributed by atoms with Crippen LogP contribution in [-0.2, 0) is 0 Å². The Bertz CT molecular complexity index is 899. The van der Waals surface area contributed by atoms with Gasteiger partial charge in [-0.15, -0.1) is 0 Å². The molecule has 2 heterocycles. The summed E-state index contributed by atoms with van der Waals surface area (Å²) in [5.74, 6) is 1.92. The van der Waals surface area contributed by atoms with E-state index in [1.165, 1.54) is 6.07 Å². The molecule has 5 nitrogen and oxygen atoms in total. The van der Waals surface area contributed by atoms with Gasteiger partial charge in [-0.05, 0) is 24.3 Å². The van der Waals surface area contributed by atoms with Gasteiger partial charge in [0.2, 0.25) is 0 Å². The van der Waals surface area contributed by atoms with Crippen molar-refractivity contribution in [2.24, 2.45) is 0 Å². The molecule has 1 aliphatic rings. The van der Waals surface area contributed by atoms with E-state index in [0.29, 0.717) is 23.7 Å². The molecule has 5 heteroatoms. The molecule has 1 atom stereocenters. The Hall–Kier alpha value is -2.95. The highest BCUT2D eigenvalue weighted by molar-refractivity contribution is 5.82. The van der Waals surface area contributed by atoms with E-state index < -0.39 is 5.63 Å². The Balaban J connectivity index is 1.53. The highest BCUT2D eigenvalue weighted by Crippen LogP contribution is 2.31. The fourth-order valence-electron chi connectivity index (χ4n) is 2.53. The van der Waals surface area contributed by atoms with Crippen molar-refractivity contribution in [3.63, 3.8) is 0 Å². The van der Waals surface area contributed by atoms with Crippen molar-refractivity contribution in [1.82, 2.24) is 0 Å². The van der Waals surface area contributed by atoms with E-state index in [-0.39, 0.29) is 12.7 Å². The van der Waals surface area contributed by atoms with Gasteiger partial charge in [-0.3, -0.25) is 0 Å². The Kier molecular flexibility index (Phi) is 3.38. The highest BCUT2D eigenvalue weighted by Gasteiger charge is 2.21. The first-order valence-corrected chi connectivity index (χ1v) is 7.34. The van der Waals surface area contributed by atoms with Crippen molar-refractivity contribution in [2.45, 2.75) is 6.10 Å². The number of fused-ring (bicyclic) bond motifs is 2. The van der Waals surface area contributed by atoms with Crippen molar-refractivity contribution < 1.29 is 18.6 Å². The van der Waals surface area contributed by atoms with Gasteiger partial charge >= 0.3 is 5.63 Å². The molecule has 0 aliphatic carbocycles. The summed E-state index contributed by atoms with van der Waals surface area (Å²) in [4.78, 5) is 11.6. The monoisotopic (exact) mass is 310 g/mol. The third kappa shape index (κ3) is 2.73. The van der Waals surface area contributed by atoms with Crippen molar-refractivity contribution >= 4 is 11.0 Å². The molecule has 116 valence electrons. The van der Waals surface area contributed by atoms with Crippen LogP contribution in [0.3, 0.4) is 0 Å². The molecule has 0 saturated carbocycles. The second kappa shape index (κ2) is 5.68. The molecule has 0 amide bonds. The fourth-order valence-corrected chi connectivity index (χ4v) is 2.53. The largest absolute Gasteiger partial charge is 0.489 e. The number of hydrogen-bond acceptors (Lipinski definition) is 5. The molecule has 0 spiro atoms. The van der Waals surface area contributed by atoms with E-state index in [2.05, 4.69) is 0 Å². The molecule has 0 bridgehead atoms. The van der Waals surface area contributed by atoms with Gasteiger partial charge in [-0.25, -0.2) is 4.79 Å². The van der Waals surface area contributed by atoms with Crippen LogP contribution in [0.5, 0.6) is 17.2 Å². The number of para-hydroxylation sites is 3. The molecule has 3 aromatic rings. The molecular weight excluding hydrogens is 296 g/mol. The second-order valence-corrected chi connectivity index (χ2v) is 5.23. The third-order valence-corrected chi connectivity index (χ3v) is 3.60. The van der Waals surface area contributed by atoms with Crippen LogP contribution >= 0.6 is 0 Å². The van der Waals surface area contributed by atoms with Gasteiger partial charge in [-0.1, -0.05) is 24.3 Å². The normalized spacial score (nSPS) is 16.3. The lowest BCUT2D eigenvalue weighted by atomic mass is 10.2. The van der Waals surface area contributed by atoms with E-state index in [1.807, 2.05) is 42.5 Å². The lowest BCUT2D eigenvalue weighted by Crippen LogP contribution is -2.34. The molecule has 1 aromatic heterocycles. The zero-order chi connectivity index (χ0) is 15.6. The summed E-state index contributed by atoms with van der Waals surface area (Å²) < 4.78 is 22.4. The van der Waals surface area contributed by atoms with Gasteiger partial charge in [0.1, 0.15) is 24.5 Å². The first kappa shape index (κ1) is 13.7. The SMILES string of the molecule is O=c1cc(OCC2COc3ccccc3O2)c2ccccc2o1. The second-order valence-electron chi connectivity index (χ2n) is 5.23. The molecule has 0 radical (unpaired) electrons. The van der Waals surface area contributed by atoms with Gasteiger partial charge in [0.25, 0.3) is 0 Å². The van der Waals surface area contributed by atoms with E-state index in [9.17, 15) is 4.79 Å². The molecule has 23 heavy (non-hydrogen) atoms. The third-order valence-electron chi connectivity index (χ3n) is 3.60. The summed E-state index contributed by atoms with van der Waals surface area (Å²) >= 11 is 0. The van der Waals surface area contributed by atoms with Crippen LogP contribution in [0, 0.1) is 0 Å². The Labute approximate surface area is 132 Å². The molecule has 0 fully saturated rings. The lowest BCUT2D eigenvalue weighted by molar-refractivity contribution is 0.0539. The molecule has 4 rings (SSSR count). The van der Waals surface area contributed by atoms with Crippen LogP contribution < -0.4 is 19.8 Å². The van der Waals surface area contributed by atoms with E-state index in [0.717, 1.165) is 11.1 Å². The lowest BCUT2D eigenvalue weighted by Gasteiger charge is -2.26. The Morgan fingerprint density at radius 3 is 2.74 bits per heavy atom. The Morgan fingerprint density at radius 1 is 1.04 bits per heavy atom. The van der Waals surface area contributed by atoms with Crippen LogP contribution in [0.1, 0.15) is 0 Å². The van der Waals surface area contributed by atoms with Gasteiger partial charge < -0.3 is 18.6 Å². The molecule has 2 aromatic carbocycles. The molecule has 0 saturated heterocycles. The summed E-state index contributed by atoms with van der Waals surface area (Å²) in [6, 6.07) is 16.1. The topological polar surface area (TPSA) is 57.9 Å². The van der Waals surface area contributed by atoms with E-state index >= 15 is 0 Å². The summed E-state index contributed by atoms with van der Waals surface area (Å²) in [6.45, 7) is 0.679. The maximum atomic E-state index is 11.6. The standard InChI is InChI=1S/C18H14O5/c19-18-9-17(13-5-1-2-6-14(13)23-18)21-11-12-10-20-15-7-3-4-8-16(15)22-12/h1-9,12H,10-11H2. The summed E-state index contributed by atoms with van der Waals surface area (Å²) in [5, 5.41) is 0.754. The van der Waals surface area contributed by atoms with Crippen LogP contribution in [0.4, 0.5) is 0 Å². The smallest absolute Gasteiger partial charge is 0.339 e. The predicted molar refractivity (Wildman–Crippen MR) is 84.3 cm³/mol. The van der Waals surface area contributed by atoms with Crippen LogP contribution in [0.25, 0.3) is 11.0 Å². The van der Waals surface area contributed by atoms with Gasteiger partial charge in [0.05, 0.1) is 11.5 Å². The van der Waals surface area contributed by atoms with Crippen LogP contribution in [0.15, 0.2) is 63.8 Å². The molecule has 0 N–H and O–H groups in total. The minimum atomic E-state index is -0.440. The summed E-state index contributed by atoms with van der Waals surface area (Å²) in [7, 11) is 0. The Morgan fingerprint density at radius 2 is 1.83 bits per heavy atom. The van der Waals surface area contributed by atoms with Crippen molar-refractivity contribution in [2.75, 3.05) is 13.2 Å².